The van der Waals surface area contributed by atoms with Gasteiger partial charge in [0.25, 0.3) is 0 Å². The van der Waals surface area contributed by atoms with Crippen molar-refractivity contribution in [1.82, 2.24) is 0 Å². The van der Waals surface area contributed by atoms with Crippen LogP contribution < -0.4 is 0 Å². The number of carbonyl (C=O) groups excluding carboxylic acids is 1. The van der Waals surface area contributed by atoms with Crippen molar-refractivity contribution < 1.29 is 14.7 Å². The van der Waals surface area contributed by atoms with Gasteiger partial charge in [0.05, 0.1) is 5.41 Å². The summed E-state index contributed by atoms with van der Waals surface area (Å²) in [6.07, 6.45) is 15.0. The van der Waals surface area contributed by atoms with Gasteiger partial charge >= 0.3 is 5.97 Å². The van der Waals surface area contributed by atoms with Gasteiger partial charge in [0.2, 0.25) is 0 Å². The van der Waals surface area contributed by atoms with Crippen LogP contribution in [0, 0.1) is 10.8 Å². The van der Waals surface area contributed by atoms with Crippen molar-refractivity contribution in [2.75, 3.05) is 0 Å². The molecule has 0 amide bonds. The van der Waals surface area contributed by atoms with Crippen LogP contribution in [0.5, 0.6) is 0 Å². The van der Waals surface area contributed by atoms with Gasteiger partial charge in [-0.2, -0.15) is 0 Å². The molecule has 0 rings (SSSR count). The molecule has 0 aliphatic rings. The van der Waals surface area contributed by atoms with Crippen LogP contribution in [0.15, 0.2) is 36.0 Å². The molecule has 0 bridgehead atoms. The number of carbonyl (C=O) groups is 2. The summed E-state index contributed by atoms with van der Waals surface area (Å²) < 4.78 is 0. The Labute approximate surface area is 173 Å². The first-order valence-corrected chi connectivity index (χ1v) is 10.7. The normalized spacial score (nSPS) is 13.5. The second kappa shape index (κ2) is 12.7. The number of aliphatic carboxylic acids is 1. The number of hydrogen-bond acceptors (Lipinski definition) is 2. The van der Waals surface area contributed by atoms with Gasteiger partial charge in [-0.3, -0.25) is 9.59 Å². The topological polar surface area (TPSA) is 54.4 Å². The molecule has 3 nitrogen and oxygen atoms in total. The van der Waals surface area contributed by atoms with Crippen molar-refractivity contribution in [1.29, 1.82) is 0 Å². The molecule has 0 spiro atoms. The Kier molecular flexibility index (Phi) is 12.0. The van der Waals surface area contributed by atoms with Crippen LogP contribution in [-0.4, -0.2) is 16.9 Å². The molecule has 160 valence electrons. The predicted molar refractivity (Wildman–Crippen MR) is 119 cm³/mol. The van der Waals surface area contributed by atoms with E-state index < -0.39 is 11.4 Å². The zero-order valence-corrected chi connectivity index (χ0v) is 19.1. The third kappa shape index (κ3) is 10.1. The maximum absolute atomic E-state index is 11.6. The standard InChI is InChI=1S/C25H42O3/c1-8-15-22(17-11-10-13-19-25(6,7)23(27)28)21(9-2)16-12-14-18-24(4,5)20(3)26/h8-9,15H,2,10-14,16-19H2,1,3-7H3,(H,27,28)/b15-8-,22-21-. The Morgan fingerprint density at radius 3 is 1.86 bits per heavy atom. The lowest BCUT2D eigenvalue weighted by Gasteiger charge is -2.21. The molecule has 3 heteroatoms. The number of rotatable bonds is 15. The molecule has 0 aromatic heterocycles. The van der Waals surface area contributed by atoms with E-state index in [9.17, 15) is 14.7 Å². The zero-order valence-electron chi connectivity index (χ0n) is 19.1. The minimum absolute atomic E-state index is 0.228. The molecule has 0 saturated carbocycles. The van der Waals surface area contributed by atoms with Crippen LogP contribution in [0.4, 0.5) is 0 Å². The summed E-state index contributed by atoms with van der Waals surface area (Å²) in [4.78, 5) is 22.8. The van der Waals surface area contributed by atoms with E-state index in [4.69, 9.17) is 0 Å². The van der Waals surface area contributed by atoms with Crippen LogP contribution in [0.1, 0.15) is 99.3 Å². The van der Waals surface area contributed by atoms with Gasteiger partial charge in [-0.1, -0.05) is 57.9 Å². The monoisotopic (exact) mass is 390 g/mol. The molecule has 0 aliphatic heterocycles. The van der Waals surface area contributed by atoms with Gasteiger partial charge in [-0.25, -0.2) is 0 Å². The van der Waals surface area contributed by atoms with Gasteiger partial charge in [-0.05, 0) is 77.4 Å². The van der Waals surface area contributed by atoms with Crippen LogP contribution in [-0.2, 0) is 9.59 Å². The first kappa shape index (κ1) is 26.4. The Hall–Kier alpha value is -1.64. The van der Waals surface area contributed by atoms with Crippen molar-refractivity contribution >= 4 is 11.8 Å². The number of unbranched alkanes of at least 4 members (excludes halogenated alkanes) is 3. The fourth-order valence-corrected chi connectivity index (χ4v) is 3.17. The van der Waals surface area contributed by atoms with Crippen LogP contribution >= 0.6 is 0 Å². The lowest BCUT2D eigenvalue weighted by molar-refractivity contribution is -0.147. The fourth-order valence-electron chi connectivity index (χ4n) is 3.17. The molecule has 0 aliphatic carbocycles. The summed E-state index contributed by atoms with van der Waals surface area (Å²) in [5.74, 6) is -0.462. The molecule has 0 heterocycles. The molecule has 0 aromatic rings. The lowest BCUT2D eigenvalue weighted by atomic mass is 9.83. The van der Waals surface area contributed by atoms with Crippen molar-refractivity contribution in [2.24, 2.45) is 10.8 Å². The lowest BCUT2D eigenvalue weighted by Crippen LogP contribution is -2.23. The van der Waals surface area contributed by atoms with Crippen molar-refractivity contribution in [2.45, 2.75) is 99.3 Å². The molecule has 0 aromatic carbocycles. The molecular weight excluding hydrogens is 348 g/mol. The maximum Gasteiger partial charge on any atom is 0.309 e. The van der Waals surface area contributed by atoms with Crippen molar-refractivity contribution in [3.63, 3.8) is 0 Å². The third-order valence-corrected chi connectivity index (χ3v) is 5.80. The Morgan fingerprint density at radius 2 is 1.36 bits per heavy atom. The number of carboxylic acids is 1. The van der Waals surface area contributed by atoms with E-state index in [0.29, 0.717) is 6.42 Å². The third-order valence-electron chi connectivity index (χ3n) is 5.80. The van der Waals surface area contributed by atoms with Crippen molar-refractivity contribution in [3.8, 4) is 0 Å². The molecule has 28 heavy (non-hydrogen) atoms. The van der Waals surface area contributed by atoms with Gasteiger partial charge < -0.3 is 5.11 Å². The minimum Gasteiger partial charge on any atom is -0.481 e. The van der Waals surface area contributed by atoms with E-state index >= 15 is 0 Å². The summed E-state index contributed by atoms with van der Waals surface area (Å²) in [5.41, 5.74) is 1.76. The Balaban J connectivity index is 4.60. The van der Waals surface area contributed by atoms with Crippen LogP contribution in [0.3, 0.4) is 0 Å². The fraction of sp³-hybridized carbons (Fsp3) is 0.680. The number of carboxylic acid groups (broad SMARTS) is 1. The highest BCUT2D eigenvalue weighted by molar-refractivity contribution is 5.81. The molecular formula is C25H42O3. The Morgan fingerprint density at radius 1 is 0.857 bits per heavy atom. The first-order valence-electron chi connectivity index (χ1n) is 10.7. The van der Waals surface area contributed by atoms with Gasteiger partial charge in [-0.15, -0.1) is 0 Å². The zero-order chi connectivity index (χ0) is 21.8. The first-order chi connectivity index (χ1) is 13.0. The highest BCUT2D eigenvalue weighted by atomic mass is 16.4. The summed E-state index contributed by atoms with van der Waals surface area (Å²) in [7, 11) is 0. The predicted octanol–water partition coefficient (Wildman–Crippen LogP) is 7.28. The summed E-state index contributed by atoms with van der Waals surface area (Å²) in [6.45, 7) is 15.4. The minimum atomic E-state index is -0.719. The SMILES string of the molecule is C=C/C(CCCCC(C)(C)C(C)=O)=C(\C=C/C)CCCCCC(C)(C)C(=O)O. The molecule has 0 unspecified atom stereocenters. The second-order valence-corrected chi connectivity index (χ2v) is 9.15. The smallest absolute Gasteiger partial charge is 0.309 e. The highest BCUT2D eigenvalue weighted by Gasteiger charge is 2.26. The number of allylic oxidation sites excluding steroid dienone is 5. The number of ketones is 1. The van der Waals surface area contributed by atoms with Crippen molar-refractivity contribution in [3.05, 3.63) is 36.0 Å². The number of hydrogen-bond donors (Lipinski definition) is 1. The summed E-state index contributed by atoms with van der Waals surface area (Å²) >= 11 is 0. The van der Waals surface area contributed by atoms with E-state index in [-0.39, 0.29) is 11.2 Å². The van der Waals surface area contributed by atoms with Crippen LogP contribution in [0.25, 0.3) is 0 Å². The van der Waals surface area contributed by atoms with E-state index in [1.165, 1.54) is 11.1 Å². The molecule has 0 saturated heterocycles. The van der Waals surface area contributed by atoms with Gasteiger partial charge in [0, 0.05) is 5.41 Å². The van der Waals surface area contributed by atoms with E-state index in [0.717, 1.165) is 51.4 Å². The molecule has 0 fully saturated rings. The maximum atomic E-state index is 11.6. The average Bonchev–Trinajstić information content (AvgIpc) is 2.60. The highest BCUT2D eigenvalue weighted by Crippen LogP contribution is 2.28. The van der Waals surface area contributed by atoms with Crippen LogP contribution in [0.2, 0.25) is 0 Å². The molecule has 0 atom stereocenters. The average molecular weight is 391 g/mol. The van der Waals surface area contributed by atoms with Gasteiger partial charge in [0.15, 0.2) is 0 Å². The number of Topliss-reactive ketones (excluding diaryl/α,β-unsaturated/α-hetero) is 1. The summed E-state index contributed by atoms with van der Waals surface area (Å²) in [5, 5.41) is 9.20. The Bertz CT molecular complexity index is 577. The molecule has 0 radical (unpaired) electrons. The van der Waals surface area contributed by atoms with E-state index in [1.54, 1.807) is 20.8 Å². The quantitative estimate of drug-likeness (QED) is 0.236. The summed E-state index contributed by atoms with van der Waals surface area (Å²) in [6, 6.07) is 0. The molecule has 1 N–H and O–H groups in total. The van der Waals surface area contributed by atoms with Gasteiger partial charge in [0.1, 0.15) is 5.78 Å². The largest absolute Gasteiger partial charge is 0.481 e. The van der Waals surface area contributed by atoms with E-state index in [2.05, 4.69) is 18.7 Å². The second-order valence-electron chi connectivity index (χ2n) is 9.15. The van der Waals surface area contributed by atoms with E-state index in [1.807, 2.05) is 26.8 Å².